The van der Waals surface area contributed by atoms with E-state index < -0.39 is 11.7 Å². The minimum absolute atomic E-state index is 0.0183. The van der Waals surface area contributed by atoms with Crippen LogP contribution in [0.4, 0.5) is 4.39 Å². The van der Waals surface area contributed by atoms with Gasteiger partial charge in [-0.25, -0.2) is 4.39 Å². The number of methoxy groups -OCH3 is 1. The summed E-state index contributed by atoms with van der Waals surface area (Å²) in [7, 11) is 3.26. The highest BCUT2D eigenvalue weighted by Gasteiger charge is 2.23. The molecule has 1 aromatic carbocycles. The minimum atomic E-state index is -0.689. The number of nitrogens with one attached hydrogen (secondary N) is 2. The van der Waals surface area contributed by atoms with Gasteiger partial charge in [-0.15, -0.1) is 0 Å². The number of hydrogen-bond donors (Lipinski definition) is 3. The number of nitrogens with two attached hydrogens (primary N) is 1. The number of likely N-dealkylation sites (N-methyl/N-ethyl adjacent to an activating group) is 1. The number of piperazine rings is 1. The predicted octanol–water partition coefficient (Wildman–Crippen LogP) is 0.477. The van der Waals surface area contributed by atoms with Crippen LogP contribution in [0.25, 0.3) is 0 Å². The Morgan fingerprint density at radius 3 is 2.82 bits per heavy atom. The van der Waals surface area contributed by atoms with E-state index in [4.69, 9.17) is 15.9 Å². The number of carbonyl (C=O) groups excluding carboxylic acids is 1. The van der Waals surface area contributed by atoms with E-state index in [1.165, 1.54) is 25.3 Å². The van der Waals surface area contributed by atoms with Crippen molar-refractivity contribution in [2.24, 2.45) is 5.73 Å². The number of benzene rings is 1. The van der Waals surface area contributed by atoms with Crippen molar-refractivity contribution in [1.82, 2.24) is 10.2 Å². The Bertz CT molecular complexity index is 642. The van der Waals surface area contributed by atoms with Crippen molar-refractivity contribution >= 4 is 11.6 Å². The maximum atomic E-state index is 13.5. The van der Waals surface area contributed by atoms with Gasteiger partial charge in [0.15, 0.2) is 11.6 Å². The lowest BCUT2D eigenvalue weighted by Gasteiger charge is -2.28. The molecule has 1 saturated heterocycles. The second-order valence-electron chi connectivity index (χ2n) is 5.11. The maximum Gasteiger partial charge on any atom is 0.252 e. The van der Waals surface area contributed by atoms with Gasteiger partial charge in [0.25, 0.3) is 5.91 Å². The van der Waals surface area contributed by atoms with E-state index in [1.54, 1.807) is 0 Å². The van der Waals surface area contributed by atoms with E-state index >= 15 is 0 Å². The van der Waals surface area contributed by atoms with E-state index in [-0.39, 0.29) is 17.0 Å². The number of amides is 1. The van der Waals surface area contributed by atoms with E-state index in [2.05, 4.69) is 5.32 Å². The van der Waals surface area contributed by atoms with Crippen LogP contribution in [0, 0.1) is 11.2 Å². The predicted molar refractivity (Wildman–Crippen MR) is 81.5 cm³/mol. The SMILES string of the molecule is COc1cc(C(=N)/C(C(N)=O)=C2/CN(C)CCN2)ccc1F. The molecule has 1 aromatic rings. The molecular weight excluding hydrogens is 287 g/mol. The normalized spacial score (nSPS) is 17.6. The largest absolute Gasteiger partial charge is 0.494 e. The summed E-state index contributed by atoms with van der Waals surface area (Å²) in [6.45, 7) is 2.01. The lowest BCUT2D eigenvalue weighted by atomic mass is 9.98. The first-order chi connectivity index (χ1) is 10.4. The number of nitrogens with zero attached hydrogens (tertiary/aromatic N) is 1. The molecule has 1 amide bonds. The molecule has 7 heteroatoms. The van der Waals surface area contributed by atoms with Gasteiger partial charge in [0.05, 0.1) is 18.4 Å². The van der Waals surface area contributed by atoms with Gasteiger partial charge >= 0.3 is 0 Å². The number of ether oxygens (including phenoxy) is 1. The summed E-state index contributed by atoms with van der Waals surface area (Å²) >= 11 is 0. The highest BCUT2D eigenvalue weighted by molar-refractivity contribution is 6.27. The number of rotatable bonds is 4. The molecule has 4 N–H and O–H groups in total. The lowest BCUT2D eigenvalue weighted by Crippen LogP contribution is -2.42. The summed E-state index contributed by atoms with van der Waals surface area (Å²) < 4.78 is 18.4. The molecule has 2 rings (SSSR count). The molecule has 0 spiro atoms. The first-order valence-corrected chi connectivity index (χ1v) is 6.82. The van der Waals surface area contributed by atoms with Crippen LogP contribution in [0.2, 0.25) is 0 Å². The Balaban J connectivity index is 2.43. The van der Waals surface area contributed by atoms with Gasteiger partial charge in [0.2, 0.25) is 0 Å². The zero-order valence-corrected chi connectivity index (χ0v) is 12.6. The van der Waals surface area contributed by atoms with E-state index in [1.807, 2.05) is 11.9 Å². The molecule has 22 heavy (non-hydrogen) atoms. The van der Waals surface area contributed by atoms with Crippen molar-refractivity contribution in [3.8, 4) is 5.75 Å². The average molecular weight is 306 g/mol. The molecular formula is C15H19FN4O2. The number of primary amides is 1. The van der Waals surface area contributed by atoms with E-state index in [0.717, 1.165) is 6.54 Å². The summed E-state index contributed by atoms with van der Waals surface area (Å²) in [6, 6.07) is 4.01. The first-order valence-electron chi connectivity index (χ1n) is 6.82. The van der Waals surface area contributed by atoms with Crippen molar-refractivity contribution in [2.45, 2.75) is 0 Å². The molecule has 1 fully saturated rings. The molecule has 6 nitrogen and oxygen atoms in total. The van der Waals surface area contributed by atoms with Gasteiger partial charge in [0.1, 0.15) is 0 Å². The molecule has 0 bridgehead atoms. The summed E-state index contributed by atoms with van der Waals surface area (Å²) in [5.41, 5.74) is 6.49. The molecule has 0 aliphatic carbocycles. The quantitative estimate of drug-likeness (QED) is 0.557. The second-order valence-corrected chi connectivity index (χ2v) is 5.11. The Morgan fingerprint density at radius 2 is 2.23 bits per heavy atom. The van der Waals surface area contributed by atoms with Crippen molar-refractivity contribution in [2.75, 3.05) is 33.8 Å². The van der Waals surface area contributed by atoms with Crippen LogP contribution in [0.1, 0.15) is 5.56 Å². The van der Waals surface area contributed by atoms with Crippen molar-refractivity contribution in [3.05, 3.63) is 40.8 Å². The molecule has 0 atom stereocenters. The van der Waals surface area contributed by atoms with Gasteiger partial charge in [-0.1, -0.05) is 0 Å². The van der Waals surface area contributed by atoms with Gasteiger partial charge in [-0.05, 0) is 25.2 Å². The van der Waals surface area contributed by atoms with Gasteiger partial charge < -0.3 is 15.8 Å². The Kier molecular flexibility index (Phi) is 4.77. The third-order valence-electron chi connectivity index (χ3n) is 3.50. The van der Waals surface area contributed by atoms with Crippen LogP contribution in [-0.2, 0) is 4.79 Å². The topological polar surface area (TPSA) is 91.4 Å². The summed E-state index contributed by atoms with van der Waals surface area (Å²) in [5.74, 6) is -1.20. The highest BCUT2D eigenvalue weighted by Crippen LogP contribution is 2.21. The molecule has 118 valence electrons. The fourth-order valence-electron chi connectivity index (χ4n) is 2.35. The Labute approximate surface area is 128 Å². The molecule has 0 aromatic heterocycles. The Hall–Kier alpha value is -2.41. The number of halogens is 1. The van der Waals surface area contributed by atoms with Crippen LogP contribution >= 0.6 is 0 Å². The molecule has 1 aliphatic heterocycles. The van der Waals surface area contributed by atoms with Crippen LogP contribution < -0.4 is 15.8 Å². The van der Waals surface area contributed by atoms with Crippen LogP contribution in [0.5, 0.6) is 5.75 Å². The van der Waals surface area contributed by atoms with Crippen LogP contribution in [0.3, 0.4) is 0 Å². The molecule has 0 unspecified atom stereocenters. The minimum Gasteiger partial charge on any atom is -0.494 e. The second kappa shape index (κ2) is 6.57. The summed E-state index contributed by atoms with van der Waals surface area (Å²) in [6.07, 6.45) is 0. The lowest BCUT2D eigenvalue weighted by molar-refractivity contribution is -0.114. The van der Waals surface area contributed by atoms with Crippen LogP contribution in [-0.4, -0.2) is 50.3 Å². The van der Waals surface area contributed by atoms with E-state index in [0.29, 0.717) is 24.4 Å². The number of hydrogen-bond acceptors (Lipinski definition) is 5. The van der Waals surface area contributed by atoms with Gasteiger partial charge in [0, 0.05) is 30.9 Å². The fraction of sp³-hybridized carbons (Fsp3) is 0.333. The fourth-order valence-corrected chi connectivity index (χ4v) is 2.35. The van der Waals surface area contributed by atoms with Gasteiger partial charge in [-0.3, -0.25) is 15.1 Å². The zero-order chi connectivity index (χ0) is 16.3. The van der Waals surface area contributed by atoms with Crippen molar-refractivity contribution < 1.29 is 13.9 Å². The number of carbonyl (C=O) groups is 1. The van der Waals surface area contributed by atoms with Crippen LogP contribution in [0.15, 0.2) is 29.5 Å². The monoisotopic (exact) mass is 306 g/mol. The average Bonchev–Trinajstić information content (AvgIpc) is 2.47. The van der Waals surface area contributed by atoms with Gasteiger partial charge in [-0.2, -0.15) is 0 Å². The summed E-state index contributed by atoms with van der Waals surface area (Å²) in [5, 5.41) is 11.4. The van der Waals surface area contributed by atoms with Crippen molar-refractivity contribution in [3.63, 3.8) is 0 Å². The van der Waals surface area contributed by atoms with E-state index in [9.17, 15) is 9.18 Å². The summed E-state index contributed by atoms with van der Waals surface area (Å²) in [4.78, 5) is 13.8. The Morgan fingerprint density at radius 1 is 1.50 bits per heavy atom. The molecule has 0 radical (unpaired) electrons. The molecule has 1 heterocycles. The highest BCUT2D eigenvalue weighted by atomic mass is 19.1. The standard InChI is InChI=1S/C15H19FN4O2/c1-20-6-5-19-11(8-20)13(15(18)21)14(17)9-3-4-10(16)12(7-9)22-2/h3-4,7,17,19H,5-6,8H2,1-2H3,(H2,18,21)/b13-11+,17-14?. The third kappa shape index (κ3) is 3.25. The molecule has 0 saturated carbocycles. The molecule has 1 aliphatic rings. The smallest absolute Gasteiger partial charge is 0.252 e. The maximum absolute atomic E-state index is 13.5. The van der Waals surface area contributed by atoms with Crippen molar-refractivity contribution in [1.29, 1.82) is 5.41 Å². The first kappa shape index (κ1) is 16.0. The third-order valence-corrected chi connectivity index (χ3v) is 3.50. The zero-order valence-electron chi connectivity index (χ0n) is 12.6.